The summed E-state index contributed by atoms with van der Waals surface area (Å²) in [5.74, 6) is -3.38. The highest BCUT2D eigenvalue weighted by Gasteiger charge is 2.33. The number of aliphatic carboxylic acids is 2. The molecule has 1 rings (SSSR count). The van der Waals surface area contributed by atoms with Gasteiger partial charge in [-0.15, -0.1) is 0 Å². The molecule has 1 aromatic carbocycles. The van der Waals surface area contributed by atoms with Gasteiger partial charge in [-0.25, -0.2) is 4.79 Å². The second-order valence-electron chi connectivity index (χ2n) is 6.16. The summed E-state index contributed by atoms with van der Waals surface area (Å²) in [5, 5.41) is 28.5. The van der Waals surface area contributed by atoms with Gasteiger partial charge in [0.25, 0.3) is 0 Å². The first-order chi connectivity index (χ1) is 10.1. The molecule has 3 N–H and O–H groups in total. The summed E-state index contributed by atoms with van der Waals surface area (Å²) in [4.78, 5) is 22.3. The van der Waals surface area contributed by atoms with E-state index in [1.165, 1.54) is 6.08 Å². The van der Waals surface area contributed by atoms with Gasteiger partial charge in [0.15, 0.2) is 0 Å². The topological polar surface area (TPSA) is 94.8 Å². The average Bonchev–Trinajstić information content (AvgIpc) is 2.35. The van der Waals surface area contributed by atoms with Crippen LogP contribution in [-0.2, 0) is 9.59 Å². The van der Waals surface area contributed by atoms with Gasteiger partial charge in [-0.05, 0) is 17.2 Å². The van der Waals surface area contributed by atoms with Crippen molar-refractivity contribution in [3.05, 3.63) is 41.5 Å². The third-order valence-electron chi connectivity index (χ3n) is 3.12. The fourth-order valence-electron chi connectivity index (χ4n) is 2.28. The Bertz CT molecular complexity index is 574. The number of nitrogens with zero attached hydrogens (tertiary/aromatic N) is 1. The molecule has 6 nitrogen and oxygen atoms in total. The van der Waals surface area contributed by atoms with Gasteiger partial charge in [-0.3, -0.25) is 4.79 Å². The quantitative estimate of drug-likeness (QED) is 0.516. The number of benzene rings is 1. The van der Waals surface area contributed by atoms with Crippen LogP contribution in [0.25, 0.3) is 6.08 Å². The van der Waals surface area contributed by atoms with Gasteiger partial charge in [0.2, 0.25) is 0 Å². The zero-order valence-electron chi connectivity index (χ0n) is 12.9. The Morgan fingerprint density at radius 3 is 2.27 bits per heavy atom. The average molecular weight is 308 g/mol. The number of likely N-dealkylation sites (N-methyl/N-ethyl adjacent to an activating group) is 1. The molecule has 0 aromatic heterocycles. The minimum absolute atomic E-state index is 0.258. The van der Waals surface area contributed by atoms with Crippen LogP contribution in [0.1, 0.15) is 17.0 Å². The zero-order valence-corrected chi connectivity index (χ0v) is 12.9. The normalized spacial score (nSPS) is 14.7. The van der Waals surface area contributed by atoms with Crippen molar-refractivity contribution in [3.8, 4) is 0 Å². The zero-order chi connectivity index (χ0) is 16.9. The number of carbonyl (C=O) groups is 2. The first-order valence-corrected chi connectivity index (χ1v) is 6.83. The standard InChI is InChI=1S/C16H21NO5/c1-17(2,3)10-13(18)15(16(21)22)12-7-5-4-6-11(12)8-9-14(19)20/h4-9,13,15,18H,10H2,1-3H3,(H-,19,20,21,22)/p+1/b9-8+. The SMILES string of the molecule is C[N+](C)(C)CC(O)C(C(=O)O)c1ccccc1/C=C/C(=O)O. The Kier molecular flexibility index (Phi) is 5.84. The first-order valence-electron chi connectivity index (χ1n) is 6.83. The van der Waals surface area contributed by atoms with Crippen LogP contribution >= 0.6 is 0 Å². The maximum Gasteiger partial charge on any atom is 0.328 e. The van der Waals surface area contributed by atoms with Crippen molar-refractivity contribution >= 4 is 18.0 Å². The van der Waals surface area contributed by atoms with Crippen molar-refractivity contribution in [3.63, 3.8) is 0 Å². The van der Waals surface area contributed by atoms with Crippen LogP contribution in [0.5, 0.6) is 0 Å². The molecule has 0 aliphatic rings. The van der Waals surface area contributed by atoms with Gasteiger partial charge in [-0.1, -0.05) is 24.3 Å². The number of carboxylic acids is 2. The molecule has 1 aromatic rings. The van der Waals surface area contributed by atoms with Crippen LogP contribution < -0.4 is 0 Å². The lowest BCUT2D eigenvalue weighted by Gasteiger charge is -2.30. The maximum atomic E-state index is 11.6. The number of rotatable bonds is 7. The van der Waals surface area contributed by atoms with E-state index in [4.69, 9.17) is 5.11 Å². The molecule has 2 unspecified atom stereocenters. The number of hydrogen-bond donors (Lipinski definition) is 3. The fourth-order valence-corrected chi connectivity index (χ4v) is 2.28. The molecule has 0 aliphatic carbocycles. The monoisotopic (exact) mass is 308 g/mol. The number of carboxylic acid groups (broad SMARTS) is 2. The summed E-state index contributed by atoms with van der Waals surface area (Å²) >= 11 is 0. The highest BCUT2D eigenvalue weighted by molar-refractivity contribution is 5.86. The Morgan fingerprint density at radius 2 is 1.77 bits per heavy atom. The second-order valence-corrected chi connectivity index (χ2v) is 6.16. The van der Waals surface area contributed by atoms with E-state index < -0.39 is 24.0 Å². The molecule has 0 amide bonds. The Morgan fingerprint density at radius 1 is 1.18 bits per heavy atom. The van der Waals surface area contributed by atoms with Crippen molar-refractivity contribution < 1.29 is 29.4 Å². The van der Waals surface area contributed by atoms with Crippen LogP contribution in [0.3, 0.4) is 0 Å². The molecular formula is C16H22NO5+. The van der Waals surface area contributed by atoms with Crippen LogP contribution in [-0.4, -0.2) is 65.5 Å². The van der Waals surface area contributed by atoms with Crippen molar-refractivity contribution in [1.82, 2.24) is 0 Å². The first kappa shape index (κ1) is 17.9. The van der Waals surface area contributed by atoms with Gasteiger partial charge >= 0.3 is 11.9 Å². The van der Waals surface area contributed by atoms with Crippen molar-refractivity contribution in [1.29, 1.82) is 0 Å². The second kappa shape index (κ2) is 7.20. The van der Waals surface area contributed by atoms with E-state index in [0.29, 0.717) is 15.6 Å². The van der Waals surface area contributed by atoms with Crippen molar-refractivity contribution in [2.45, 2.75) is 12.0 Å². The summed E-state index contributed by atoms with van der Waals surface area (Å²) in [5.41, 5.74) is 0.867. The maximum absolute atomic E-state index is 11.6. The number of aliphatic hydroxyl groups is 1. The molecule has 2 atom stereocenters. The predicted molar refractivity (Wildman–Crippen MR) is 82.4 cm³/mol. The van der Waals surface area contributed by atoms with E-state index in [1.807, 2.05) is 21.1 Å². The molecule has 22 heavy (non-hydrogen) atoms. The molecule has 0 fully saturated rings. The van der Waals surface area contributed by atoms with E-state index in [0.717, 1.165) is 6.08 Å². The van der Waals surface area contributed by atoms with E-state index in [-0.39, 0.29) is 6.54 Å². The third-order valence-corrected chi connectivity index (χ3v) is 3.12. The minimum atomic E-state index is -1.14. The van der Waals surface area contributed by atoms with Gasteiger partial charge < -0.3 is 19.8 Å². The van der Waals surface area contributed by atoms with Crippen LogP contribution in [0.15, 0.2) is 30.3 Å². The summed E-state index contributed by atoms with van der Waals surface area (Å²) in [6, 6.07) is 6.58. The molecule has 120 valence electrons. The lowest BCUT2D eigenvalue weighted by molar-refractivity contribution is -0.873. The Hall–Kier alpha value is -2.18. The van der Waals surface area contributed by atoms with Gasteiger partial charge in [0.1, 0.15) is 18.6 Å². The minimum Gasteiger partial charge on any atom is -0.481 e. The number of quaternary nitrogens is 1. The molecule has 0 bridgehead atoms. The molecule has 0 saturated heterocycles. The molecular weight excluding hydrogens is 286 g/mol. The van der Waals surface area contributed by atoms with Crippen molar-refractivity contribution in [2.75, 3.05) is 27.7 Å². The Balaban J connectivity index is 3.22. The Labute approximate surface area is 129 Å². The molecule has 6 heteroatoms. The molecule has 0 heterocycles. The third kappa shape index (κ3) is 5.31. The molecule has 0 saturated carbocycles. The smallest absolute Gasteiger partial charge is 0.328 e. The summed E-state index contributed by atoms with van der Waals surface area (Å²) < 4.78 is 0.415. The van der Waals surface area contributed by atoms with E-state index in [2.05, 4.69) is 0 Å². The van der Waals surface area contributed by atoms with Gasteiger partial charge in [0, 0.05) is 6.08 Å². The van der Waals surface area contributed by atoms with E-state index >= 15 is 0 Å². The van der Waals surface area contributed by atoms with Gasteiger partial charge in [0.05, 0.1) is 21.1 Å². The van der Waals surface area contributed by atoms with E-state index in [1.54, 1.807) is 24.3 Å². The highest BCUT2D eigenvalue weighted by Crippen LogP contribution is 2.26. The van der Waals surface area contributed by atoms with Gasteiger partial charge in [-0.2, -0.15) is 0 Å². The summed E-state index contributed by atoms with van der Waals surface area (Å²) in [6.07, 6.45) is 1.20. The van der Waals surface area contributed by atoms with Crippen molar-refractivity contribution in [2.24, 2.45) is 0 Å². The predicted octanol–water partition coefficient (Wildman–Crippen LogP) is 1.02. The molecule has 0 aliphatic heterocycles. The number of aliphatic hydroxyl groups excluding tert-OH is 1. The van der Waals surface area contributed by atoms with Crippen LogP contribution in [0.2, 0.25) is 0 Å². The molecule has 0 spiro atoms. The molecule has 0 radical (unpaired) electrons. The van der Waals surface area contributed by atoms with Crippen LogP contribution in [0, 0.1) is 0 Å². The lowest BCUT2D eigenvalue weighted by Crippen LogP contribution is -2.45. The van der Waals surface area contributed by atoms with Crippen LogP contribution in [0.4, 0.5) is 0 Å². The summed E-state index contributed by atoms with van der Waals surface area (Å²) in [6.45, 7) is 0.258. The van der Waals surface area contributed by atoms with E-state index in [9.17, 15) is 19.8 Å². The highest BCUT2D eigenvalue weighted by atomic mass is 16.4. The summed E-state index contributed by atoms with van der Waals surface area (Å²) in [7, 11) is 5.58. The largest absolute Gasteiger partial charge is 0.481 e. The lowest BCUT2D eigenvalue weighted by atomic mass is 9.89. The number of hydrogen-bond acceptors (Lipinski definition) is 3. The fraction of sp³-hybridized carbons (Fsp3) is 0.375.